The van der Waals surface area contributed by atoms with Crippen molar-refractivity contribution >= 4 is 16.9 Å². The molecule has 218 valence electrons. The molecule has 0 spiro atoms. The van der Waals surface area contributed by atoms with Crippen molar-refractivity contribution in [2.45, 2.75) is 52.9 Å². The fourth-order valence-electron chi connectivity index (χ4n) is 5.46. The standard InChI is InChI=1S/C33H32N6O4/c1-19-10-12-26(20(2)14-19)32(24-8-6-5-7-9-24)34-30(40)16-23-11-13-27-25(15-23)17-28(42-27)33(31-21(3)37-43-22(31)4)41-18-29-35-38-39-36-29/h5-15,17,32-33H,16,18H2,1-4H3,(H,34,40)(H,35,36,38,39). The molecule has 3 heterocycles. The minimum absolute atomic E-state index is 0.0751. The first kappa shape index (κ1) is 28.0. The number of nitrogens with zero attached hydrogens (tertiary/aromatic N) is 4. The Morgan fingerprint density at radius 3 is 2.56 bits per heavy atom. The summed E-state index contributed by atoms with van der Waals surface area (Å²) in [6.07, 6.45) is -0.389. The first-order chi connectivity index (χ1) is 20.9. The number of nitrogens with one attached hydrogen (secondary N) is 2. The number of ether oxygens (including phenoxy) is 1. The zero-order chi connectivity index (χ0) is 29.9. The second kappa shape index (κ2) is 12.0. The van der Waals surface area contributed by atoms with Crippen molar-refractivity contribution in [1.29, 1.82) is 0 Å². The van der Waals surface area contributed by atoms with Crippen LogP contribution in [0.2, 0.25) is 0 Å². The Kier molecular flexibility index (Phi) is 7.84. The summed E-state index contributed by atoms with van der Waals surface area (Å²) in [5.41, 5.74) is 7.45. The zero-order valence-electron chi connectivity index (χ0n) is 24.4. The molecule has 10 nitrogen and oxygen atoms in total. The van der Waals surface area contributed by atoms with Gasteiger partial charge in [-0.2, -0.15) is 5.21 Å². The molecule has 0 fully saturated rings. The first-order valence-electron chi connectivity index (χ1n) is 14.1. The maximum atomic E-state index is 13.4. The SMILES string of the molecule is Cc1ccc(C(NC(=O)Cc2ccc3oc(C(OCc4nn[nH]n4)c4c(C)noc4C)cc3c2)c2ccccc2)c(C)c1. The fourth-order valence-corrected chi connectivity index (χ4v) is 5.46. The molecule has 3 aromatic heterocycles. The predicted molar refractivity (Wildman–Crippen MR) is 159 cm³/mol. The van der Waals surface area contributed by atoms with Gasteiger partial charge in [0.1, 0.15) is 29.8 Å². The van der Waals surface area contributed by atoms with Gasteiger partial charge in [-0.25, -0.2) is 0 Å². The summed E-state index contributed by atoms with van der Waals surface area (Å²) < 4.78 is 17.9. The van der Waals surface area contributed by atoms with Crippen LogP contribution in [0.1, 0.15) is 68.6 Å². The van der Waals surface area contributed by atoms with Gasteiger partial charge in [0.25, 0.3) is 0 Å². The summed E-state index contributed by atoms with van der Waals surface area (Å²) in [5.74, 6) is 1.54. The topological polar surface area (TPSA) is 132 Å². The average Bonchev–Trinajstić information content (AvgIpc) is 3.74. The molecule has 0 bridgehead atoms. The molecule has 10 heteroatoms. The monoisotopic (exact) mass is 576 g/mol. The van der Waals surface area contributed by atoms with E-state index in [0.29, 0.717) is 28.6 Å². The number of carbonyl (C=O) groups is 1. The highest BCUT2D eigenvalue weighted by atomic mass is 16.5. The van der Waals surface area contributed by atoms with Crippen LogP contribution >= 0.6 is 0 Å². The molecule has 3 aromatic carbocycles. The van der Waals surface area contributed by atoms with Crippen molar-refractivity contribution in [1.82, 2.24) is 31.1 Å². The summed E-state index contributed by atoms with van der Waals surface area (Å²) in [6.45, 7) is 7.95. The maximum Gasteiger partial charge on any atom is 0.225 e. The van der Waals surface area contributed by atoms with Crippen LogP contribution in [0.25, 0.3) is 11.0 Å². The molecule has 6 rings (SSSR count). The normalized spacial score (nSPS) is 12.8. The lowest BCUT2D eigenvalue weighted by atomic mass is 9.93. The second-order valence-corrected chi connectivity index (χ2v) is 10.7. The van der Waals surface area contributed by atoms with Gasteiger partial charge in [0.15, 0.2) is 5.82 Å². The molecule has 43 heavy (non-hydrogen) atoms. The summed E-state index contributed by atoms with van der Waals surface area (Å²) >= 11 is 0. The number of aromatic amines is 1. The number of amides is 1. The first-order valence-corrected chi connectivity index (χ1v) is 14.1. The van der Waals surface area contributed by atoms with Gasteiger partial charge in [-0.1, -0.05) is 70.5 Å². The number of aromatic nitrogens is 5. The minimum Gasteiger partial charge on any atom is -0.458 e. The lowest BCUT2D eigenvalue weighted by Gasteiger charge is -2.22. The number of rotatable bonds is 10. The van der Waals surface area contributed by atoms with Gasteiger partial charge in [0.2, 0.25) is 5.91 Å². The van der Waals surface area contributed by atoms with E-state index in [1.165, 1.54) is 5.56 Å². The predicted octanol–water partition coefficient (Wildman–Crippen LogP) is 5.92. The van der Waals surface area contributed by atoms with Gasteiger partial charge in [0, 0.05) is 5.39 Å². The maximum absolute atomic E-state index is 13.4. The number of fused-ring (bicyclic) bond motifs is 1. The van der Waals surface area contributed by atoms with Gasteiger partial charge < -0.3 is 19.0 Å². The van der Waals surface area contributed by atoms with E-state index in [9.17, 15) is 4.79 Å². The van der Waals surface area contributed by atoms with Gasteiger partial charge in [-0.15, -0.1) is 10.2 Å². The van der Waals surface area contributed by atoms with Crippen molar-refractivity contribution < 1.29 is 18.5 Å². The molecule has 2 unspecified atom stereocenters. The third-order valence-corrected chi connectivity index (χ3v) is 7.52. The molecule has 1 amide bonds. The van der Waals surface area contributed by atoms with E-state index in [0.717, 1.165) is 33.2 Å². The Morgan fingerprint density at radius 1 is 1.00 bits per heavy atom. The highest BCUT2D eigenvalue weighted by Crippen LogP contribution is 2.35. The third-order valence-electron chi connectivity index (χ3n) is 7.52. The van der Waals surface area contributed by atoms with Crippen molar-refractivity contribution in [3.63, 3.8) is 0 Å². The summed E-state index contributed by atoms with van der Waals surface area (Å²) in [7, 11) is 0. The molecule has 0 radical (unpaired) electrons. The molecule has 0 saturated carbocycles. The Balaban J connectivity index is 1.25. The van der Waals surface area contributed by atoms with Crippen LogP contribution < -0.4 is 5.32 Å². The van der Waals surface area contributed by atoms with E-state index in [1.54, 1.807) is 0 Å². The third kappa shape index (κ3) is 6.09. The van der Waals surface area contributed by atoms with Gasteiger partial charge >= 0.3 is 0 Å². The molecule has 0 aliphatic carbocycles. The lowest BCUT2D eigenvalue weighted by molar-refractivity contribution is -0.120. The highest BCUT2D eigenvalue weighted by Gasteiger charge is 2.27. The number of H-pyrrole nitrogens is 1. The quantitative estimate of drug-likeness (QED) is 0.205. The van der Waals surface area contributed by atoms with E-state index in [4.69, 9.17) is 13.7 Å². The molecule has 6 aromatic rings. The van der Waals surface area contributed by atoms with Gasteiger partial charge in [-0.3, -0.25) is 4.79 Å². The second-order valence-electron chi connectivity index (χ2n) is 10.7. The van der Waals surface area contributed by atoms with Crippen LogP contribution in [0.15, 0.2) is 81.7 Å². The Hall–Kier alpha value is -5.09. The number of aryl methyl sites for hydroxylation is 4. The van der Waals surface area contributed by atoms with E-state index >= 15 is 0 Å². The molecule has 0 aliphatic rings. The fraction of sp³-hybridized carbons (Fsp3) is 0.242. The molecule has 0 saturated heterocycles. The summed E-state index contributed by atoms with van der Waals surface area (Å²) in [5, 5.41) is 22.2. The lowest BCUT2D eigenvalue weighted by Crippen LogP contribution is -2.31. The van der Waals surface area contributed by atoms with Crippen LogP contribution in [0, 0.1) is 27.7 Å². The van der Waals surface area contributed by atoms with Crippen molar-refractivity contribution in [2.75, 3.05) is 0 Å². The highest BCUT2D eigenvalue weighted by molar-refractivity contribution is 5.83. The molecule has 2 atom stereocenters. The smallest absolute Gasteiger partial charge is 0.225 e. The van der Waals surface area contributed by atoms with E-state index in [-0.39, 0.29) is 25.0 Å². The number of hydrogen-bond donors (Lipinski definition) is 2. The van der Waals surface area contributed by atoms with E-state index < -0.39 is 6.10 Å². The van der Waals surface area contributed by atoms with Gasteiger partial charge in [0.05, 0.1) is 23.7 Å². The van der Waals surface area contributed by atoms with Crippen molar-refractivity contribution in [3.8, 4) is 0 Å². The van der Waals surface area contributed by atoms with Crippen LogP contribution in [0.5, 0.6) is 0 Å². The van der Waals surface area contributed by atoms with Gasteiger partial charge in [-0.05, 0) is 68.1 Å². The molecular weight excluding hydrogens is 544 g/mol. The minimum atomic E-state index is -0.603. The Bertz CT molecular complexity index is 1840. The molecular formula is C33H32N6O4. The van der Waals surface area contributed by atoms with Crippen LogP contribution in [-0.4, -0.2) is 31.7 Å². The molecule has 2 N–H and O–H groups in total. The Labute approximate surface area is 248 Å². The summed E-state index contributed by atoms with van der Waals surface area (Å²) in [4.78, 5) is 13.4. The number of tetrazole rings is 1. The number of furan rings is 1. The zero-order valence-corrected chi connectivity index (χ0v) is 24.4. The van der Waals surface area contributed by atoms with E-state index in [1.807, 2.05) is 68.4 Å². The summed E-state index contributed by atoms with van der Waals surface area (Å²) in [6, 6.07) is 23.8. The Morgan fingerprint density at radius 2 is 1.84 bits per heavy atom. The van der Waals surface area contributed by atoms with Crippen molar-refractivity contribution in [2.24, 2.45) is 0 Å². The largest absolute Gasteiger partial charge is 0.458 e. The van der Waals surface area contributed by atoms with Crippen LogP contribution in [-0.2, 0) is 22.6 Å². The van der Waals surface area contributed by atoms with Crippen LogP contribution in [0.4, 0.5) is 0 Å². The molecule has 0 aliphatic heterocycles. The number of hydrogen-bond acceptors (Lipinski definition) is 8. The number of benzene rings is 3. The van der Waals surface area contributed by atoms with E-state index in [2.05, 4.69) is 63.1 Å². The van der Waals surface area contributed by atoms with Crippen LogP contribution in [0.3, 0.4) is 0 Å². The van der Waals surface area contributed by atoms with Crippen molar-refractivity contribution in [3.05, 3.63) is 129 Å². The number of carbonyl (C=O) groups excluding carboxylic acids is 1. The average molecular weight is 577 g/mol.